The van der Waals surface area contributed by atoms with Crippen LogP contribution in [0.1, 0.15) is 28.4 Å². The zero-order valence-electron chi connectivity index (χ0n) is 13.1. The molecule has 0 aliphatic carbocycles. The van der Waals surface area contributed by atoms with E-state index in [1.165, 1.54) is 42.3 Å². The first kappa shape index (κ1) is 16.4. The second-order valence-electron chi connectivity index (χ2n) is 5.74. The number of amides is 1. The van der Waals surface area contributed by atoms with Crippen LogP contribution in [0.4, 0.5) is 8.78 Å². The summed E-state index contributed by atoms with van der Waals surface area (Å²) in [6, 6.07) is 9.66. The van der Waals surface area contributed by atoms with Gasteiger partial charge in [-0.2, -0.15) is 0 Å². The molecule has 0 aromatic heterocycles. The molecule has 2 unspecified atom stereocenters. The highest BCUT2D eigenvalue weighted by molar-refractivity contribution is 5.95. The topological polar surface area (TPSA) is 49.8 Å². The van der Waals surface area contributed by atoms with Gasteiger partial charge in [-0.3, -0.25) is 4.79 Å². The number of β-amino-alcohol motifs (C(OH)–C–C–N with tert-alkyl or cyclic N) is 1. The number of rotatable bonds is 3. The average Bonchev–Trinajstić information content (AvgIpc) is 2.97. The molecule has 2 aromatic carbocycles. The summed E-state index contributed by atoms with van der Waals surface area (Å²) in [5.74, 6) is -1.66. The lowest BCUT2D eigenvalue weighted by atomic mass is 10.0. The van der Waals surface area contributed by atoms with Gasteiger partial charge in [0.15, 0.2) is 11.6 Å². The lowest BCUT2D eigenvalue weighted by Crippen LogP contribution is -2.32. The van der Waals surface area contributed by atoms with E-state index in [1.807, 2.05) is 0 Å². The SMILES string of the molecule is COc1cccc(C(=O)N2CC(O)CC2c2ccc(F)cc2)c1F. The van der Waals surface area contributed by atoms with Crippen molar-refractivity contribution in [2.75, 3.05) is 13.7 Å². The van der Waals surface area contributed by atoms with Crippen LogP contribution >= 0.6 is 0 Å². The quantitative estimate of drug-likeness (QED) is 0.940. The van der Waals surface area contributed by atoms with Crippen molar-refractivity contribution in [1.29, 1.82) is 0 Å². The number of benzene rings is 2. The third-order valence-electron chi connectivity index (χ3n) is 4.21. The Hall–Kier alpha value is -2.47. The fraction of sp³-hybridized carbons (Fsp3) is 0.278. The molecule has 6 heteroatoms. The molecule has 1 N–H and O–H groups in total. The number of carbonyl (C=O) groups excluding carboxylic acids is 1. The van der Waals surface area contributed by atoms with Gasteiger partial charge in [-0.1, -0.05) is 18.2 Å². The van der Waals surface area contributed by atoms with E-state index in [0.29, 0.717) is 12.0 Å². The minimum atomic E-state index is -0.732. The Kier molecular flexibility index (Phi) is 4.49. The minimum absolute atomic E-state index is 0.0149. The number of ether oxygens (including phenoxy) is 1. The molecule has 2 aromatic rings. The van der Waals surface area contributed by atoms with E-state index in [-0.39, 0.29) is 23.7 Å². The highest BCUT2D eigenvalue weighted by atomic mass is 19.1. The Labute approximate surface area is 138 Å². The molecule has 1 amide bonds. The summed E-state index contributed by atoms with van der Waals surface area (Å²) >= 11 is 0. The monoisotopic (exact) mass is 333 g/mol. The van der Waals surface area contributed by atoms with Crippen molar-refractivity contribution in [3.05, 3.63) is 65.2 Å². The van der Waals surface area contributed by atoms with Crippen molar-refractivity contribution in [3.8, 4) is 5.75 Å². The number of likely N-dealkylation sites (tertiary alicyclic amines) is 1. The number of halogens is 2. The van der Waals surface area contributed by atoms with Crippen molar-refractivity contribution >= 4 is 5.91 Å². The summed E-state index contributed by atoms with van der Waals surface area (Å²) in [5, 5.41) is 9.97. The third-order valence-corrected chi connectivity index (χ3v) is 4.21. The summed E-state index contributed by atoms with van der Waals surface area (Å²) in [6.45, 7) is 0.0948. The van der Waals surface area contributed by atoms with Crippen LogP contribution in [0.25, 0.3) is 0 Å². The van der Waals surface area contributed by atoms with Crippen LogP contribution in [0.2, 0.25) is 0 Å². The Morgan fingerprint density at radius 3 is 2.58 bits per heavy atom. The van der Waals surface area contributed by atoms with Crippen LogP contribution < -0.4 is 4.74 Å². The largest absolute Gasteiger partial charge is 0.494 e. The summed E-state index contributed by atoms with van der Waals surface area (Å²) in [7, 11) is 1.33. The van der Waals surface area contributed by atoms with Gasteiger partial charge in [0.25, 0.3) is 5.91 Å². The van der Waals surface area contributed by atoms with E-state index in [0.717, 1.165) is 0 Å². The molecule has 3 rings (SSSR count). The van der Waals surface area contributed by atoms with E-state index < -0.39 is 23.9 Å². The molecule has 0 radical (unpaired) electrons. The Bertz CT molecular complexity index is 748. The van der Waals surface area contributed by atoms with E-state index >= 15 is 0 Å². The number of hydrogen-bond donors (Lipinski definition) is 1. The molecule has 0 bridgehead atoms. The van der Waals surface area contributed by atoms with Crippen molar-refractivity contribution in [1.82, 2.24) is 4.90 Å². The molecule has 1 fully saturated rings. The second-order valence-corrected chi connectivity index (χ2v) is 5.74. The zero-order chi connectivity index (χ0) is 17.3. The summed E-state index contributed by atoms with van der Waals surface area (Å²) in [5.41, 5.74) is 0.583. The fourth-order valence-electron chi connectivity index (χ4n) is 3.03. The number of hydrogen-bond acceptors (Lipinski definition) is 3. The highest BCUT2D eigenvalue weighted by Gasteiger charge is 2.36. The molecule has 4 nitrogen and oxygen atoms in total. The van der Waals surface area contributed by atoms with Crippen LogP contribution in [0, 0.1) is 11.6 Å². The number of carbonyl (C=O) groups is 1. The highest BCUT2D eigenvalue weighted by Crippen LogP contribution is 2.34. The average molecular weight is 333 g/mol. The van der Waals surface area contributed by atoms with Crippen LogP contribution in [-0.4, -0.2) is 35.7 Å². The normalized spacial score (nSPS) is 20.2. The maximum absolute atomic E-state index is 14.4. The van der Waals surface area contributed by atoms with Gasteiger partial charge in [0.1, 0.15) is 5.82 Å². The van der Waals surface area contributed by atoms with Crippen molar-refractivity contribution in [2.45, 2.75) is 18.6 Å². The number of nitrogens with zero attached hydrogens (tertiary/aromatic N) is 1. The predicted molar refractivity (Wildman–Crippen MR) is 83.8 cm³/mol. The van der Waals surface area contributed by atoms with E-state index in [2.05, 4.69) is 0 Å². The van der Waals surface area contributed by atoms with Gasteiger partial charge in [-0.15, -0.1) is 0 Å². The standard InChI is InChI=1S/C18H17F2NO3/c1-24-16-4-2-3-14(17(16)20)18(23)21-10-13(22)9-15(21)11-5-7-12(19)8-6-11/h2-8,13,15,22H,9-10H2,1H3. The van der Waals surface area contributed by atoms with Crippen LogP contribution in [-0.2, 0) is 0 Å². The summed E-state index contributed by atoms with van der Waals surface area (Å²) in [6.07, 6.45) is -0.388. The molecule has 126 valence electrons. The van der Waals surface area contributed by atoms with Gasteiger partial charge in [-0.25, -0.2) is 8.78 Å². The molecule has 0 saturated carbocycles. The molecular formula is C18H17F2NO3. The van der Waals surface area contributed by atoms with Crippen molar-refractivity contribution < 1.29 is 23.4 Å². The lowest BCUT2D eigenvalue weighted by Gasteiger charge is -2.25. The smallest absolute Gasteiger partial charge is 0.257 e. The van der Waals surface area contributed by atoms with Crippen LogP contribution in [0.5, 0.6) is 5.75 Å². The van der Waals surface area contributed by atoms with Gasteiger partial charge in [0.2, 0.25) is 0 Å². The number of methoxy groups -OCH3 is 1. The molecular weight excluding hydrogens is 316 g/mol. The third kappa shape index (κ3) is 2.97. The maximum Gasteiger partial charge on any atom is 0.257 e. The Morgan fingerprint density at radius 1 is 1.21 bits per heavy atom. The van der Waals surface area contributed by atoms with E-state index in [9.17, 15) is 18.7 Å². The van der Waals surface area contributed by atoms with Gasteiger partial charge in [0, 0.05) is 6.54 Å². The molecule has 1 aliphatic rings. The molecule has 1 aliphatic heterocycles. The van der Waals surface area contributed by atoms with Gasteiger partial charge >= 0.3 is 0 Å². The predicted octanol–water partition coefficient (Wildman–Crippen LogP) is 2.92. The molecule has 0 spiro atoms. The van der Waals surface area contributed by atoms with Crippen molar-refractivity contribution in [3.63, 3.8) is 0 Å². The minimum Gasteiger partial charge on any atom is -0.494 e. The fourth-order valence-corrected chi connectivity index (χ4v) is 3.03. The van der Waals surface area contributed by atoms with Crippen LogP contribution in [0.15, 0.2) is 42.5 Å². The lowest BCUT2D eigenvalue weighted by molar-refractivity contribution is 0.0710. The zero-order valence-corrected chi connectivity index (χ0v) is 13.1. The van der Waals surface area contributed by atoms with Crippen molar-refractivity contribution in [2.24, 2.45) is 0 Å². The van der Waals surface area contributed by atoms with Crippen LogP contribution in [0.3, 0.4) is 0 Å². The second kappa shape index (κ2) is 6.57. The maximum atomic E-state index is 14.4. The van der Waals surface area contributed by atoms with Gasteiger partial charge in [-0.05, 0) is 36.2 Å². The van der Waals surface area contributed by atoms with Gasteiger partial charge in [0.05, 0.1) is 24.8 Å². The molecule has 1 heterocycles. The Morgan fingerprint density at radius 2 is 1.92 bits per heavy atom. The van der Waals surface area contributed by atoms with E-state index in [1.54, 1.807) is 12.1 Å². The number of aliphatic hydroxyl groups excluding tert-OH is 1. The molecule has 2 atom stereocenters. The first-order valence-electron chi connectivity index (χ1n) is 7.58. The molecule has 1 saturated heterocycles. The molecule has 24 heavy (non-hydrogen) atoms. The summed E-state index contributed by atoms with van der Waals surface area (Å²) < 4.78 is 32.4. The Balaban J connectivity index is 1.94. The van der Waals surface area contributed by atoms with E-state index in [4.69, 9.17) is 4.74 Å². The number of aliphatic hydroxyl groups is 1. The summed E-state index contributed by atoms with van der Waals surface area (Å²) in [4.78, 5) is 14.2. The first-order chi connectivity index (χ1) is 11.5. The first-order valence-corrected chi connectivity index (χ1v) is 7.58. The van der Waals surface area contributed by atoms with Gasteiger partial charge < -0.3 is 14.7 Å².